The summed E-state index contributed by atoms with van der Waals surface area (Å²) >= 11 is 1.61. The maximum atomic E-state index is 12.8. The van der Waals surface area contributed by atoms with Crippen LogP contribution >= 0.6 is 11.3 Å². The van der Waals surface area contributed by atoms with Gasteiger partial charge >= 0.3 is 0 Å². The van der Waals surface area contributed by atoms with Gasteiger partial charge in [-0.25, -0.2) is 0 Å². The smallest absolute Gasteiger partial charge is 0.244 e. The SMILES string of the molecule is CCC1CCc2c(sc(NC(=O)CN3CCCc4cc(C)ccc43)c2C#N)C1. The summed E-state index contributed by atoms with van der Waals surface area (Å²) in [5, 5.41) is 13.5. The number of aryl methyl sites for hydroxylation is 2. The Morgan fingerprint density at radius 1 is 1.39 bits per heavy atom. The second-order valence-electron chi connectivity index (χ2n) is 8.04. The van der Waals surface area contributed by atoms with E-state index < -0.39 is 0 Å². The van der Waals surface area contributed by atoms with Crippen LogP contribution in [0.5, 0.6) is 0 Å². The number of anilines is 2. The molecule has 0 radical (unpaired) electrons. The lowest BCUT2D eigenvalue weighted by molar-refractivity contribution is -0.115. The van der Waals surface area contributed by atoms with E-state index in [1.165, 1.54) is 33.7 Å². The molecule has 2 aliphatic rings. The third-order valence-electron chi connectivity index (χ3n) is 6.09. The number of hydrogen-bond acceptors (Lipinski definition) is 4. The standard InChI is InChI=1S/C23H27N3OS/c1-3-16-7-8-18-19(13-24)23(28-21(18)12-16)25-22(27)14-26-10-4-5-17-11-15(2)6-9-20(17)26/h6,9,11,16H,3-5,7-8,10,12,14H2,1-2H3,(H,25,27). The molecule has 28 heavy (non-hydrogen) atoms. The topological polar surface area (TPSA) is 56.1 Å². The molecule has 0 bridgehead atoms. The molecule has 146 valence electrons. The summed E-state index contributed by atoms with van der Waals surface area (Å²) in [5.74, 6) is 0.671. The summed E-state index contributed by atoms with van der Waals surface area (Å²) in [7, 11) is 0. The van der Waals surface area contributed by atoms with Crippen molar-refractivity contribution in [3.05, 3.63) is 45.3 Å². The van der Waals surface area contributed by atoms with E-state index in [-0.39, 0.29) is 5.91 Å². The Balaban J connectivity index is 1.50. The van der Waals surface area contributed by atoms with Gasteiger partial charge in [0.05, 0.1) is 12.1 Å². The monoisotopic (exact) mass is 393 g/mol. The van der Waals surface area contributed by atoms with Crippen molar-refractivity contribution in [2.24, 2.45) is 5.92 Å². The van der Waals surface area contributed by atoms with Crippen LogP contribution in [0.4, 0.5) is 10.7 Å². The molecule has 1 aromatic carbocycles. The Morgan fingerprint density at radius 3 is 3.04 bits per heavy atom. The van der Waals surface area contributed by atoms with Crippen molar-refractivity contribution in [2.45, 2.75) is 52.4 Å². The molecule has 0 saturated heterocycles. The number of hydrogen-bond donors (Lipinski definition) is 1. The van der Waals surface area contributed by atoms with Crippen molar-refractivity contribution in [1.29, 1.82) is 5.26 Å². The highest BCUT2D eigenvalue weighted by Gasteiger charge is 2.26. The van der Waals surface area contributed by atoms with Gasteiger partial charge in [0, 0.05) is 17.1 Å². The normalized spacial score (nSPS) is 18.2. The predicted molar refractivity (Wildman–Crippen MR) is 115 cm³/mol. The van der Waals surface area contributed by atoms with Gasteiger partial charge in [0.15, 0.2) is 0 Å². The molecule has 1 N–H and O–H groups in total. The quantitative estimate of drug-likeness (QED) is 0.809. The van der Waals surface area contributed by atoms with Gasteiger partial charge in [0.25, 0.3) is 0 Å². The van der Waals surface area contributed by atoms with Crippen LogP contribution in [0.2, 0.25) is 0 Å². The number of nitrogens with one attached hydrogen (secondary N) is 1. The number of amides is 1. The largest absolute Gasteiger partial charge is 0.362 e. The van der Waals surface area contributed by atoms with Crippen LogP contribution in [-0.4, -0.2) is 19.0 Å². The second kappa shape index (κ2) is 7.97. The fourth-order valence-corrected chi connectivity index (χ4v) is 5.85. The minimum atomic E-state index is -0.0319. The summed E-state index contributed by atoms with van der Waals surface area (Å²) < 4.78 is 0. The number of benzene rings is 1. The maximum Gasteiger partial charge on any atom is 0.244 e. The zero-order valence-corrected chi connectivity index (χ0v) is 17.5. The molecule has 4 rings (SSSR count). The van der Waals surface area contributed by atoms with Crippen molar-refractivity contribution < 1.29 is 4.79 Å². The van der Waals surface area contributed by atoms with Crippen LogP contribution in [0.15, 0.2) is 18.2 Å². The molecule has 1 aromatic heterocycles. The first-order valence-electron chi connectivity index (χ1n) is 10.3. The Bertz CT molecular complexity index is 940. The molecule has 1 aliphatic carbocycles. The van der Waals surface area contributed by atoms with E-state index in [2.05, 4.69) is 48.3 Å². The molecule has 5 heteroatoms. The average Bonchev–Trinajstić information content (AvgIpc) is 3.03. The lowest BCUT2D eigenvalue weighted by Crippen LogP contribution is -2.36. The predicted octanol–water partition coefficient (Wildman–Crippen LogP) is 4.83. The van der Waals surface area contributed by atoms with Crippen molar-refractivity contribution in [3.8, 4) is 6.07 Å². The molecule has 1 aliphatic heterocycles. The third kappa shape index (κ3) is 3.66. The fourth-order valence-electron chi connectivity index (χ4n) is 4.52. The summed E-state index contributed by atoms with van der Waals surface area (Å²) in [6.45, 7) is 5.57. The lowest BCUT2D eigenvalue weighted by atomic mass is 9.86. The van der Waals surface area contributed by atoms with E-state index in [0.717, 1.165) is 43.6 Å². The van der Waals surface area contributed by atoms with E-state index in [1.54, 1.807) is 11.3 Å². The van der Waals surface area contributed by atoms with Gasteiger partial charge in [-0.15, -0.1) is 11.3 Å². The van der Waals surface area contributed by atoms with E-state index in [0.29, 0.717) is 18.0 Å². The summed E-state index contributed by atoms with van der Waals surface area (Å²) in [4.78, 5) is 16.3. The van der Waals surface area contributed by atoms with Crippen molar-refractivity contribution in [3.63, 3.8) is 0 Å². The van der Waals surface area contributed by atoms with Crippen LogP contribution in [0.25, 0.3) is 0 Å². The number of thiophene rings is 1. The number of fused-ring (bicyclic) bond motifs is 2. The molecular formula is C23H27N3OS. The Morgan fingerprint density at radius 2 is 2.25 bits per heavy atom. The molecule has 0 spiro atoms. The van der Waals surface area contributed by atoms with Gasteiger partial charge in [-0.05, 0) is 62.1 Å². The molecule has 4 nitrogen and oxygen atoms in total. The molecule has 0 saturated carbocycles. The first-order chi connectivity index (χ1) is 13.6. The second-order valence-corrected chi connectivity index (χ2v) is 9.15. The molecule has 0 fully saturated rings. The highest BCUT2D eigenvalue weighted by molar-refractivity contribution is 7.16. The zero-order chi connectivity index (χ0) is 19.7. The van der Waals surface area contributed by atoms with Crippen LogP contribution < -0.4 is 10.2 Å². The van der Waals surface area contributed by atoms with E-state index >= 15 is 0 Å². The van der Waals surface area contributed by atoms with Gasteiger partial charge in [0.1, 0.15) is 11.1 Å². The Kier molecular flexibility index (Phi) is 5.41. The first-order valence-corrected chi connectivity index (χ1v) is 11.1. The van der Waals surface area contributed by atoms with Gasteiger partial charge in [-0.3, -0.25) is 4.79 Å². The minimum Gasteiger partial charge on any atom is -0.362 e. The van der Waals surface area contributed by atoms with Gasteiger partial charge in [-0.2, -0.15) is 5.26 Å². The lowest BCUT2D eigenvalue weighted by Gasteiger charge is -2.31. The van der Waals surface area contributed by atoms with Crippen molar-refractivity contribution >= 4 is 27.9 Å². The fraction of sp³-hybridized carbons (Fsp3) is 0.478. The molecule has 2 aromatic rings. The zero-order valence-electron chi connectivity index (χ0n) is 16.7. The molecule has 1 unspecified atom stereocenters. The van der Waals surface area contributed by atoms with Crippen molar-refractivity contribution in [1.82, 2.24) is 0 Å². The van der Waals surface area contributed by atoms with E-state index in [1.807, 2.05) is 0 Å². The molecular weight excluding hydrogens is 366 g/mol. The van der Waals surface area contributed by atoms with Crippen molar-refractivity contribution in [2.75, 3.05) is 23.3 Å². The van der Waals surface area contributed by atoms with Crippen LogP contribution in [0, 0.1) is 24.2 Å². The minimum absolute atomic E-state index is 0.0319. The number of rotatable bonds is 4. The van der Waals surface area contributed by atoms with Crippen LogP contribution in [0.1, 0.15) is 53.3 Å². The average molecular weight is 394 g/mol. The first kappa shape index (κ1) is 19.0. The molecule has 1 amide bonds. The van der Waals surface area contributed by atoms with Gasteiger partial charge in [-0.1, -0.05) is 31.0 Å². The number of nitriles is 1. The van der Waals surface area contributed by atoms with Gasteiger partial charge in [0.2, 0.25) is 5.91 Å². The highest BCUT2D eigenvalue weighted by Crippen LogP contribution is 2.40. The third-order valence-corrected chi connectivity index (χ3v) is 7.26. The molecule has 2 heterocycles. The van der Waals surface area contributed by atoms with Crippen LogP contribution in [0.3, 0.4) is 0 Å². The summed E-state index contributed by atoms with van der Waals surface area (Å²) in [6, 6.07) is 8.82. The number of nitrogens with zero attached hydrogens (tertiary/aromatic N) is 2. The number of carbonyl (C=O) groups is 1. The highest BCUT2D eigenvalue weighted by atomic mass is 32.1. The van der Waals surface area contributed by atoms with E-state index in [9.17, 15) is 10.1 Å². The summed E-state index contributed by atoms with van der Waals surface area (Å²) in [6.07, 6.45) is 6.46. The van der Waals surface area contributed by atoms with Crippen LogP contribution in [-0.2, 0) is 24.1 Å². The number of carbonyl (C=O) groups excluding carboxylic acids is 1. The molecule has 1 atom stereocenters. The Labute approximate surface area is 171 Å². The van der Waals surface area contributed by atoms with Gasteiger partial charge < -0.3 is 10.2 Å². The maximum absolute atomic E-state index is 12.8. The van der Waals surface area contributed by atoms with E-state index in [4.69, 9.17) is 0 Å². The summed E-state index contributed by atoms with van der Waals surface area (Å²) in [5.41, 5.74) is 5.62. The Hall–Kier alpha value is -2.32.